The Morgan fingerprint density at radius 1 is 0.750 bits per heavy atom. The minimum Gasteiger partial charge on any atom is -0.497 e. The smallest absolute Gasteiger partial charge is 0.278 e. The van der Waals surface area contributed by atoms with Gasteiger partial charge in [0.05, 0.1) is 26.3 Å². The summed E-state index contributed by atoms with van der Waals surface area (Å²) in [6, 6.07) is 22.1. The van der Waals surface area contributed by atoms with Crippen LogP contribution in [0.1, 0.15) is 16.7 Å². The van der Waals surface area contributed by atoms with Gasteiger partial charge in [0.25, 0.3) is 11.8 Å². The molecule has 1 aliphatic heterocycles. The number of carbonyl (C=O) groups is 2. The highest BCUT2D eigenvalue weighted by Gasteiger charge is 2.39. The van der Waals surface area contributed by atoms with E-state index in [0.717, 1.165) is 11.1 Å². The number of nitrogens with one attached hydrogen (secondary N) is 1. The van der Waals surface area contributed by atoms with Gasteiger partial charge in [-0.3, -0.25) is 14.5 Å². The molecule has 1 aliphatic rings. The molecule has 0 atom stereocenters. The zero-order chi connectivity index (χ0) is 22.7. The van der Waals surface area contributed by atoms with E-state index in [1.54, 1.807) is 62.8 Å². The lowest BCUT2D eigenvalue weighted by Gasteiger charge is -2.15. The Labute approximate surface area is 187 Å². The van der Waals surface area contributed by atoms with Crippen molar-refractivity contribution in [2.75, 3.05) is 19.5 Å². The van der Waals surface area contributed by atoms with Crippen molar-refractivity contribution in [2.45, 2.75) is 13.5 Å². The largest absolute Gasteiger partial charge is 0.497 e. The Morgan fingerprint density at radius 2 is 1.31 bits per heavy atom. The molecule has 0 unspecified atom stereocenters. The molecule has 0 aliphatic carbocycles. The lowest BCUT2D eigenvalue weighted by atomic mass is 10.0. The van der Waals surface area contributed by atoms with E-state index >= 15 is 0 Å². The fourth-order valence-electron chi connectivity index (χ4n) is 3.56. The third kappa shape index (κ3) is 4.21. The number of rotatable bonds is 7. The van der Waals surface area contributed by atoms with Crippen LogP contribution in [0.15, 0.2) is 78.5 Å². The van der Waals surface area contributed by atoms with E-state index in [4.69, 9.17) is 9.47 Å². The van der Waals surface area contributed by atoms with Gasteiger partial charge in [0.2, 0.25) is 0 Å². The molecular formula is C26H24N2O4. The lowest BCUT2D eigenvalue weighted by Crippen LogP contribution is -2.32. The van der Waals surface area contributed by atoms with Crippen molar-refractivity contribution in [3.8, 4) is 11.5 Å². The van der Waals surface area contributed by atoms with E-state index < -0.39 is 0 Å². The molecule has 3 aromatic carbocycles. The quantitative estimate of drug-likeness (QED) is 0.565. The Morgan fingerprint density at radius 3 is 1.88 bits per heavy atom. The number of anilines is 1. The van der Waals surface area contributed by atoms with Gasteiger partial charge >= 0.3 is 0 Å². The number of aryl methyl sites for hydroxylation is 1. The van der Waals surface area contributed by atoms with Gasteiger partial charge in [0.15, 0.2) is 0 Å². The maximum absolute atomic E-state index is 13.4. The van der Waals surface area contributed by atoms with E-state index in [1.807, 2.05) is 31.2 Å². The van der Waals surface area contributed by atoms with Gasteiger partial charge in [-0.25, -0.2) is 0 Å². The normalized spacial score (nSPS) is 13.5. The summed E-state index contributed by atoms with van der Waals surface area (Å²) in [5, 5.41) is 3.16. The third-order valence-electron chi connectivity index (χ3n) is 5.37. The fraction of sp³-hybridized carbons (Fsp3) is 0.154. The summed E-state index contributed by atoms with van der Waals surface area (Å²) in [7, 11) is 3.17. The summed E-state index contributed by atoms with van der Waals surface area (Å²) in [6.45, 7) is 2.20. The van der Waals surface area contributed by atoms with Crippen molar-refractivity contribution >= 4 is 23.1 Å². The van der Waals surface area contributed by atoms with Crippen LogP contribution in [0.5, 0.6) is 11.5 Å². The second-order valence-corrected chi connectivity index (χ2v) is 7.51. The van der Waals surface area contributed by atoms with Crippen LogP contribution in [0.3, 0.4) is 0 Å². The van der Waals surface area contributed by atoms with Crippen LogP contribution in [0, 0.1) is 6.92 Å². The molecule has 1 heterocycles. The third-order valence-corrected chi connectivity index (χ3v) is 5.37. The predicted molar refractivity (Wildman–Crippen MR) is 123 cm³/mol. The van der Waals surface area contributed by atoms with Gasteiger partial charge < -0.3 is 14.8 Å². The standard InChI is InChI=1S/C26H24N2O4/c1-17-4-6-18(7-5-17)16-28-25(29)23(19-8-12-21(31-2)13-9-19)24(26(28)30)27-20-10-14-22(32-3)15-11-20/h4-15,27H,16H2,1-3H3. The van der Waals surface area contributed by atoms with Crippen molar-refractivity contribution < 1.29 is 19.1 Å². The summed E-state index contributed by atoms with van der Waals surface area (Å²) in [4.78, 5) is 28.0. The molecular weight excluding hydrogens is 404 g/mol. The molecule has 6 nitrogen and oxygen atoms in total. The maximum Gasteiger partial charge on any atom is 0.278 e. The highest BCUT2D eigenvalue weighted by molar-refractivity contribution is 6.36. The number of benzene rings is 3. The fourth-order valence-corrected chi connectivity index (χ4v) is 3.56. The lowest BCUT2D eigenvalue weighted by molar-refractivity contribution is -0.137. The van der Waals surface area contributed by atoms with E-state index in [9.17, 15) is 9.59 Å². The van der Waals surface area contributed by atoms with Crippen LogP contribution in [-0.2, 0) is 16.1 Å². The average molecular weight is 428 g/mol. The van der Waals surface area contributed by atoms with Crippen molar-refractivity contribution in [1.29, 1.82) is 0 Å². The van der Waals surface area contributed by atoms with E-state index in [0.29, 0.717) is 28.3 Å². The molecule has 3 aromatic rings. The number of methoxy groups -OCH3 is 2. The van der Waals surface area contributed by atoms with Crippen LogP contribution in [0.4, 0.5) is 5.69 Å². The molecule has 2 amide bonds. The summed E-state index contributed by atoms with van der Waals surface area (Å²) in [6.07, 6.45) is 0. The molecule has 0 radical (unpaired) electrons. The molecule has 0 bridgehead atoms. The van der Waals surface area contributed by atoms with Crippen LogP contribution >= 0.6 is 0 Å². The van der Waals surface area contributed by atoms with Gasteiger partial charge in [0.1, 0.15) is 17.2 Å². The number of ether oxygens (including phenoxy) is 2. The van der Waals surface area contributed by atoms with Crippen molar-refractivity contribution in [1.82, 2.24) is 4.90 Å². The maximum atomic E-state index is 13.4. The number of carbonyl (C=O) groups excluding carboxylic acids is 2. The first kappa shape index (κ1) is 21.2. The Hall–Kier alpha value is -4.06. The highest BCUT2D eigenvalue weighted by atomic mass is 16.5. The number of imide groups is 1. The van der Waals surface area contributed by atoms with Gasteiger partial charge in [-0.15, -0.1) is 0 Å². The molecule has 0 saturated carbocycles. The number of nitrogens with zero attached hydrogens (tertiary/aromatic N) is 1. The molecule has 1 N–H and O–H groups in total. The number of amides is 2. The summed E-state index contributed by atoms with van der Waals surface area (Å²) in [5.41, 5.74) is 3.92. The highest BCUT2D eigenvalue weighted by Crippen LogP contribution is 2.32. The first-order valence-electron chi connectivity index (χ1n) is 10.2. The zero-order valence-corrected chi connectivity index (χ0v) is 18.2. The van der Waals surface area contributed by atoms with Crippen LogP contribution in [0.25, 0.3) is 5.57 Å². The Balaban J connectivity index is 1.71. The Bertz CT molecular complexity index is 1160. The van der Waals surface area contributed by atoms with Crippen molar-refractivity contribution in [3.63, 3.8) is 0 Å². The molecule has 162 valence electrons. The minimum absolute atomic E-state index is 0.200. The van der Waals surface area contributed by atoms with Crippen molar-refractivity contribution in [3.05, 3.63) is 95.2 Å². The predicted octanol–water partition coefficient (Wildman–Crippen LogP) is 4.40. The summed E-state index contributed by atoms with van der Waals surface area (Å²) in [5.74, 6) is 0.677. The monoisotopic (exact) mass is 428 g/mol. The Kier molecular flexibility index (Phi) is 5.94. The average Bonchev–Trinajstić information content (AvgIpc) is 3.05. The van der Waals surface area contributed by atoms with Crippen LogP contribution in [-0.4, -0.2) is 30.9 Å². The molecule has 4 rings (SSSR count). The van der Waals surface area contributed by atoms with Crippen molar-refractivity contribution in [2.24, 2.45) is 0 Å². The molecule has 32 heavy (non-hydrogen) atoms. The van der Waals surface area contributed by atoms with Gasteiger partial charge in [-0.05, 0) is 54.4 Å². The summed E-state index contributed by atoms with van der Waals surface area (Å²) < 4.78 is 10.4. The van der Waals surface area contributed by atoms with E-state index in [-0.39, 0.29) is 24.1 Å². The number of hydrogen-bond acceptors (Lipinski definition) is 5. The van der Waals surface area contributed by atoms with Crippen LogP contribution in [0.2, 0.25) is 0 Å². The molecule has 0 aromatic heterocycles. The number of hydrogen-bond donors (Lipinski definition) is 1. The molecule has 0 fully saturated rings. The molecule has 0 saturated heterocycles. The SMILES string of the molecule is COc1ccc(NC2=C(c3ccc(OC)cc3)C(=O)N(Cc3ccc(C)cc3)C2=O)cc1. The molecule has 0 spiro atoms. The molecule has 6 heteroatoms. The van der Waals surface area contributed by atoms with Gasteiger partial charge in [-0.1, -0.05) is 42.0 Å². The van der Waals surface area contributed by atoms with Gasteiger partial charge in [-0.2, -0.15) is 0 Å². The first-order valence-corrected chi connectivity index (χ1v) is 10.2. The summed E-state index contributed by atoms with van der Waals surface area (Å²) >= 11 is 0. The topological polar surface area (TPSA) is 67.9 Å². The second kappa shape index (κ2) is 8.98. The van der Waals surface area contributed by atoms with E-state index in [2.05, 4.69) is 5.32 Å². The van der Waals surface area contributed by atoms with E-state index in [1.165, 1.54) is 4.90 Å². The van der Waals surface area contributed by atoms with Gasteiger partial charge in [0, 0.05) is 5.69 Å². The van der Waals surface area contributed by atoms with Crippen LogP contribution < -0.4 is 14.8 Å². The zero-order valence-electron chi connectivity index (χ0n) is 18.2. The second-order valence-electron chi connectivity index (χ2n) is 7.51. The minimum atomic E-state index is -0.364. The first-order chi connectivity index (χ1) is 15.5.